The van der Waals surface area contributed by atoms with Crippen LogP contribution >= 0.6 is 11.3 Å². The molecular weight excluding hydrogens is 348 g/mol. The maximum atomic E-state index is 12.8. The van der Waals surface area contributed by atoms with E-state index in [0.717, 1.165) is 61.5 Å². The minimum absolute atomic E-state index is 0.0191. The minimum atomic E-state index is 0.0191. The Morgan fingerprint density at radius 1 is 1.38 bits per heavy atom. The van der Waals surface area contributed by atoms with Crippen LogP contribution in [0.5, 0.6) is 0 Å². The van der Waals surface area contributed by atoms with E-state index in [4.69, 9.17) is 4.98 Å². The highest BCUT2D eigenvalue weighted by Gasteiger charge is 2.29. The lowest BCUT2D eigenvalue weighted by atomic mass is 9.89. The monoisotopic (exact) mass is 375 g/mol. The summed E-state index contributed by atoms with van der Waals surface area (Å²) in [5.41, 5.74) is 1.25. The molecule has 6 nitrogen and oxygen atoms in total. The van der Waals surface area contributed by atoms with Crippen LogP contribution in [-0.4, -0.2) is 47.0 Å². The fourth-order valence-electron chi connectivity index (χ4n) is 4.31. The maximum Gasteiger partial charge on any atom is 0.260 e. The van der Waals surface area contributed by atoms with Crippen molar-refractivity contribution in [3.63, 3.8) is 0 Å². The smallest absolute Gasteiger partial charge is 0.260 e. The summed E-state index contributed by atoms with van der Waals surface area (Å²) in [6, 6.07) is 0.124. The number of fused-ring (bicyclic) bond motifs is 3. The Kier molecular flexibility index (Phi) is 4.61. The number of piperazine rings is 1. The van der Waals surface area contributed by atoms with Crippen LogP contribution in [0.3, 0.4) is 0 Å². The van der Waals surface area contributed by atoms with Crippen molar-refractivity contribution in [1.82, 2.24) is 14.9 Å². The molecule has 2 aromatic rings. The number of carbonyl (C=O) groups excluding carboxylic acids is 1. The number of quaternary nitrogens is 1. The number of H-pyrrole nitrogens is 1. The molecule has 1 amide bonds. The first-order chi connectivity index (χ1) is 12.4. The average Bonchev–Trinajstić information content (AvgIpc) is 2.98. The third kappa shape index (κ3) is 3.07. The van der Waals surface area contributed by atoms with E-state index in [1.807, 2.05) is 4.90 Å². The van der Waals surface area contributed by atoms with Gasteiger partial charge in [0.15, 0.2) is 5.82 Å². The van der Waals surface area contributed by atoms with E-state index in [-0.39, 0.29) is 17.5 Å². The molecule has 0 aromatic carbocycles. The molecular formula is C19H27N4O2S+. The fourth-order valence-corrected chi connectivity index (χ4v) is 5.70. The molecule has 1 aliphatic carbocycles. The van der Waals surface area contributed by atoms with Crippen LogP contribution < -0.4 is 10.5 Å². The predicted octanol–water partition coefficient (Wildman–Crippen LogP) is 0.917. The lowest BCUT2D eigenvalue weighted by Gasteiger charge is -2.34. The Bertz CT molecular complexity index is 895. The van der Waals surface area contributed by atoms with Crippen LogP contribution in [0.1, 0.15) is 49.5 Å². The highest BCUT2D eigenvalue weighted by molar-refractivity contribution is 7.18. The van der Waals surface area contributed by atoms with E-state index < -0.39 is 0 Å². The van der Waals surface area contributed by atoms with E-state index in [1.165, 1.54) is 15.3 Å². The number of carbonyl (C=O) groups is 1. The SMILES string of the molecule is CC(=O)N1CC[NH+]([C@@H](C)c2nc3sc4c(c3c(=O)[nH]2)CC[C@H](C)C4)CC1. The van der Waals surface area contributed by atoms with Crippen LogP contribution in [0.4, 0.5) is 0 Å². The summed E-state index contributed by atoms with van der Waals surface area (Å²) in [7, 11) is 0. The molecule has 1 fully saturated rings. The molecule has 26 heavy (non-hydrogen) atoms. The largest absolute Gasteiger partial charge is 0.332 e. The fraction of sp³-hybridized carbons (Fsp3) is 0.632. The number of hydrogen-bond donors (Lipinski definition) is 2. The first-order valence-corrected chi connectivity index (χ1v) is 10.4. The van der Waals surface area contributed by atoms with Gasteiger partial charge in [-0.1, -0.05) is 6.92 Å². The zero-order valence-corrected chi connectivity index (χ0v) is 16.5. The normalized spacial score (nSPS) is 22.4. The second kappa shape index (κ2) is 6.78. The van der Waals surface area contributed by atoms with Crippen molar-refractivity contribution in [3.05, 3.63) is 26.6 Å². The molecule has 0 radical (unpaired) electrons. The van der Waals surface area contributed by atoms with E-state index >= 15 is 0 Å². The molecule has 0 unspecified atom stereocenters. The van der Waals surface area contributed by atoms with E-state index in [9.17, 15) is 9.59 Å². The molecule has 2 N–H and O–H groups in total. The molecule has 1 aliphatic heterocycles. The molecule has 140 valence electrons. The van der Waals surface area contributed by atoms with Gasteiger partial charge in [-0.2, -0.15) is 0 Å². The standard InChI is InChI=1S/C19H26N4O2S/c1-11-4-5-14-15(10-11)26-19-16(14)18(25)20-17(21-19)12(2)22-6-8-23(9-7-22)13(3)24/h11-12H,4-10H2,1-3H3,(H,20,21,25)/p+1/t11-,12-/m0/s1. The number of hydrogen-bond acceptors (Lipinski definition) is 4. The first-order valence-electron chi connectivity index (χ1n) is 9.58. The zero-order chi connectivity index (χ0) is 18.4. The van der Waals surface area contributed by atoms with Gasteiger partial charge in [-0.25, -0.2) is 4.98 Å². The van der Waals surface area contributed by atoms with E-state index in [1.54, 1.807) is 18.3 Å². The number of nitrogens with one attached hydrogen (secondary N) is 2. The quantitative estimate of drug-likeness (QED) is 0.820. The molecule has 2 aromatic heterocycles. The third-order valence-corrected chi connectivity index (χ3v) is 7.21. The summed E-state index contributed by atoms with van der Waals surface area (Å²) in [4.78, 5) is 37.7. The molecule has 0 saturated carbocycles. The second-order valence-corrected chi connectivity index (χ2v) is 8.95. The summed E-state index contributed by atoms with van der Waals surface area (Å²) in [5.74, 6) is 1.61. The Labute approximate surface area is 157 Å². The Balaban J connectivity index is 1.61. The summed E-state index contributed by atoms with van der Waals surface area (Å²) in [5, 5.41) is 0.823. The number of aromatic nitrogens is 2. The molecule has 3 heterocycles. The number of aromatic amines is 1. The summed E-state index contributed by atoms with van der Waals surface area (Å²) in [6.07, 6.45) is 3.22. The predicted molar refractivity (Wildman–Crippen MR) is 103 cm³/mol. The van der Waals surface area contributed by atoms with Crippen molar-refractivity contribution in [2.75, 3.05) is 26.2 Å². The topological polar surface area (TPSA) is 70.5 Å². The van der Waals surface area contributed by atoms with Gasteiger partial charge in [-0.15, -0.1) is 11.3 Å². The van der Waals surface area contributed by atoms with Crippen molar-refractivity contribution in [1.29, 1.82) is 0 Å². The van der Waals surface area contributed by atoms with Gasteiger partial charge in [0.1, 0.15) is 10.9 Å². The summed E-state index contributed by atoms with van der Waals surface area (Å²) in [6.45, 7) is 9.35. The van der Waals surface area contributed by atoms with Crippen LogP contribution in [0.2, 0.25) is 0 Å². The second-order valence-electron chi connectivity index (χ2n) is 7.87. The van der Waals surface area contributed by atoms with Gasteiger partial charge in [0.2, 0.25) is 5.91 Å². The molecule has 0 bridgehead atoms. The van der Waals surface area contributed by atoms with Crippen LogP contribution in [0, 0.1) is 5.92 Å². The Morgan fingerprint density at radius 3 is 2.81 bits per heavy atom. The van der Waals surface area contributed by atoms with Crippen LogP contribution in [0.25, 0.3) is 10.2 Å². The zero-order valence-electron chi connectivity index (χ0n) is 15.7. The van der Waals surface area contributed by atoms with Crippen molar-refractivity contribution in [2.24, 2.45) is 5.92 Å². The van der Waals surface area contributed by atoms with Crippen molar-refractivity contribution in [3.8, 4) is 0 Å². The molecule has 1 saturated heterocycles. The summed E-state index contributed by atoms with van der Waals surface area (Å²) < 4.78 is 0. The van der Waals surface area contributed by atoms with Gasteiger partial charge < -0.3 is 14.8 Å². The van der Waals surface area contributed by atoms with Gasteiger partial charge >= 0.3 is 0 Å². The van der Waals surface area contributed by atoms with Crippen LogP contribution in [-0.2, 0) is 17.6 Å². The maximum absolute atomic E-state index is 12.8. The summed E-state index contributed by atoms with van der Waals surface area (Å²) >= 11 is 1.71. The van der Waals surface area contributed by atoms with E-state index in [2.05, 4.69) is 18.8 Å². The lowest BCUT2D eigenvalue weighted by molar-refractivity contribution is -0.934. The molecule has 7 heteroatoms. The molecule has 2 aliphatic rings. The Hall–Kier alpha value is -1.73. The molecule has 0 spiro atoms. The van der Waals surface area contributed by atoms with Gasteiger partial charge in [-0.05, 0) is 37.7 Å². The number of aryl methyl sites for hydroxylation is 1. The molecule has 2 atom stereocenters. The number of amides is 1. The van der Waals surface area contributed by atoms with Crippen molar-refractivity contribution in [2.45, 2.75) is 46.1 Å². The third-order valence-electron chi connectivity index (χ3n) is 6.06. The van der Waals surface area contributed by atoms with Gasteiger partial charge in [0.05, 0.1) is 31.6 Å². The van der Waals surface area contributed by atoms with Crippen molar-refractivity contribution < 1.29 is 9.69 Å². The average molecular weight is 376 g/mol. The van der Waals surface area contributed by atoms with Gasteiger partial charge in [0.25, 0.3) is 5.56 Å². The van der Waals surface area contributed by atoms with Crippen LogP contribution in [0.15, 0.2) is 4.79 Å². The minimum Gasteiger partial charge on any atom is -0.332 e. The highest BCUT2D eigenvalue weighted by Crippen LogP contribution is 2.35. The number of rotatable bonds is 2. The van der Waals surface area contributed by atoms with Gasteiger partial charge in [0, 0.05) is 11.8 Å². The highest BCUT2D eigenvalue weighted by atomic mass is 32.1. The molecule has 4 rings (SSSR count). The number of thiophene rings is 1. The van der Waals surface area contributed by atoms with E-state index in [0.29, 0.717) is 5.92 Å². The Morgan fingerprint density at radius 2 is 2.12 bits per heavy atom. The van der Waals surface area contributed by atoms with Crippen molar-refractivity contribution >= 4 is 27.5 Å². The lowest BCUT2D eigenvalue weighted by Crippen LogP contribution is -3.14. The first kappa shape index (κ1) is 17.7. The van der Waals surface area contributed by atoms with Gasteiger partial charge in [-0.3, -0.25) is 9.59 Å². The number of nitrogens with zero attached hydrogens (tertiary/aromatic N) is 2.